The van der Waals surface area contributed by atoms with Crippen molar-refractivity contribution in [2.75, 3.05) is 11.4 Å². The van der Waals surface area contributed by atoms with Crippen LogP contribution in [0.2, 0.25) is 0 Å². The maximum atomic E-state index is 13.2. The van der Waals surface area contributed by atoms with Crippen LogP contribution in [0.3, 0.4) is 0 Å². The molecule has 0 aliphatic rings. The van der Waals surface area contributed by atoms with Crippen LogP contribution in [0.15, 0.2) is 83.8 Å². The zero-order valence-corrected chi connectivity index (χ0v) is 19.1. The lowest BCUT2D eigenvalue weighted by atomic mass is 10.1. The number of halogens is 1. The summed E-state index contributed by atoms with van der Waals surface area (Å²) in [5.74, 6) is -0.685. The lowest BCUT2D eigenvalue weighted by molar-refractivity contribution is 0.0944. The number of carbonyl (C=O) groups excluding carboxylic acids is 1. The normalized spacial score (nSPS) is 12.5. The van der Waals surface area contributed by atoms with Gasteiger partial charge in [0.05, 0.1) is 21.5 Å². The zero-order valence-electron chi connectivity index (χ0n) is 17.4. The average Bonchev–Trinajstić information content (AvgIpc) is 3.23. The predicted octanol–water partition coefficient (Wildman–Crippen LogP) is 5.36. The smallest absolute Gasteiger partial charge is 0.264 e. The van der Waals surface area contributed by atoms with Crippen LogP contribution >= 0.6 is 11.3 Å². The molecule has 0 radical (unpaired) electrons. The molecule has 32 heavy (non-hydrogen) atoms. The lowest BCUT2D eigenvalue weighted by Crippen LogP contribution is -2.26. The highest BCUT2D eigenvalue weighted by Gasteiger charge is 2.22. The van der Waals surface area contributed by atoms with Crippen molar-refractivity contribution in [2.45, 2.75) is 17.9 Å². The summed E-state index contributed by atoms with van der Waals surface area (Å²) >= 11 is 1.35. The van der Waals surface area contributed by atoms with Crippen molar-refractivity contribution < 1.29 is 17.6 Å². The van der Waals surface area contributed by atoms with Gasteiger partial charge in [-0.2, -0.15) is 0 Å². The summed E-state index contributed by atoms with van der Waals surface area (Å²) in [5.41, 5.74) is 1.46. The number of anilines is 1. The van der Waals surface area contributed by atoms with Crippen molar-refractivity contribution in [3.8, 4) is 0 Å². The second-order valence-electron chi connectivity index (χ2n) is 7.37. The van der Waals surface area contributed by atoms with E-state index in [1.807, 2.05) is 37.3 Å². The van der Waals surface area contributed by atoms with Crippen LogP contribution in [0.1, 0.15) is 28.2 Å². The Bertz CT molecular complexity index is 1370. The van der Waals surface area contributed by atoms with Crippen LogP contribution < -0.4 is 9.62 Å². The first-order chi connectivity index (χ1) is 15.3. The zero-order chi connectivity index (χ0) is 22.9. The maximum absolute atomic E-state index is 13.2. The minimum absolute atomic E-state index is 0.00165. The van der Waals surface area contributed by atoms with Gasteiger partial charge in [0.15, 0.2) is 0 Å². The molecular formula is C24H21FN2O3S2. The van der Waals surface area contributed by atoms with E-state index >= 15 is 0 Å². The number of fused-ring (bicyclic) bond motifs is 1. The third-order valence-electron chi connectivity index (χ3n) is 5.21. The highest BCUT2D eigenvalue weighted by Crippen LogP contribution is 2.31. The van der Waals surface area contributed by atoms with E-state index in [2.05, 4.69) is 5.32 Å². The molecule has 4 aromatic rings. The molecule has 1 aromatic heterocycles. The topological polar surface area (TPSA) is 66.5 Å². The van der Waals surface area contributed by atoms with Gasteiger partial charge in [-0.3, -0.25) is 9.10 Å². The summed E-state index contributed by atoms with van der Waals surface area (Å²) < 4.78 is 41.0. The first kappa shape index (κ1) is 22.0. The number of rotatable bonds is 6. The minimum atomic E-state index is -3.84. The number of benzene rings is 3. The highest BCUT2D eigenvalue weighted by atomic mass is 32.2. The van der Waals surface area contributed by atoms with Crippen LogP contribution in [-0.2, 0) is 10.0 Å². The van der Waals surface area contributed by atoms with Gasteiger partial charge in [0.1, 0.15) is 5.82 Å². The van der Waals surface area contributed by atoms with Crippen molar-refractivity contribution >= 4 is 43.0 Å². The van der Waals surface area contributed by atoms with Crippen molar-refractivity contribution in [3.05, 3.63) is 95.1 Å². The van der Waals surface area contributed by atoms with Crippen LogP contribution in [-0.4, -0.2) is 21.4 Å². The van der Waals surface area contributed by atoms with Gasteiger partial charge < -0.3 is 5.32 Å². The number of nitrogens with one attached hydrogen (secondary N) is 1. The van der Waals surface area contributed by atoms with Crippen molar-refractivity contribution in [1.29, 1.82) is 0 Å². The van der Waals surface area contributed by atoms with Gasteiger partial charge in [0.25, 0.3) is 15.9 Å². The van der Waals surface area contributed by atoms with Gasteiger partial charge in [-0.05, 0) is 66.4 Å². The van der Waals surface area contributed by atoms with Crippen molar-refractivity contribution in [3.63, 3.8) is 0 Å². The van der Waals surface area contributed by atoms with Crippen LogP contribution in [0.4, 0.5) is 10.1 Å². The number of sulfonamides is 1. The van der Waals surface area contributed by atoms with E-state index in [9.17, 15) is 17.6 Å². The second-order valence-corrected chi connectivity index (χ2v) is 10.4. The molecule has 0 unspecified atom stereocenters. The molecular weight excluding hydrogens is 447 g/mol. The van der Waals surface area contributed by atoms with E-state index in [4.69, 9.17) is 0 Å². The van der Waals surface area contributed by atoms with Crippen molar-refractivity contribution in [2.24, 2.45) is 0 Å². The van der Waals surface area contributed by atoms with E-state index in [0.717, 1.165) is 32.1 Å². The molecule has 5 nitrogen and oxygen atoms in total. The fourth-order valence-electron chi connectivity index (χ4n) is 3.33. The van der Waals surface area contributed by atoms with Gasteiger partial charge >= 0.3 is 0 Å². The summed E-state index contributed by atoms with van der Waals surface area (Å²) in [4.78, 5) is 13.3. The molecule has 1 N–H and O–H groups in total. The molecule has 0 aliphatic heterocycles. The van der Waals surface area contributed by atoms with E-state index < -0.39 is 15.8 Å². The first-order valence-electron chi connectivity index (χ1n) is 9.89. The number of hydrogen-bond acceptors (Lipinski definition) is 4. The van der Waals surface area contributed by atoms with Gasteiger partial charge in [-0.15, -0.1) is 11.3 Å². The summed E-state index contributed by atoms with van der Waals surface area (Å²) in [5, 5.41) is 3.77. The standard InChI is InChI=1S/C24H21FN2O3S2/c1-16(17-6-4-3-5-7-17)26-24(28)23-15-18-14-20(10-13-22(18)31-23)27(2)32(29,30)21-11-8-19(25)9-12-21/h3-16H,1-2H3,(H,26,28)/t16-/m0/s1. The minimum Gasteiger partial charge on any atom is -0.345 e. The molecule has 3 aromatic carbocycles. The fourth-order valence-corrected chi connectivity index (χ4v) is 5.47. The molecule has 0 saturated heterocycles. The number of carbonyl (C=O) groups is 1. The van der Waals surface area contributed by atoms with E-state index in [1.165, 1.54) is 30.5 Å². The van der Waals surface area contributed by atoms with Crippen molar-refractivity contribution in [1.82, 2.24) is 5.32 Å². The third kappa shape index (κ3) is 4.37. The summed E-state index contributed by atoms with van der Waals surface area (Å²) in [7, 11) is -2.40. The van der Waals surface area contributed by atoms with E-state index in [0.29, 0.717) is 10.6 Å². The van der Waals surface area contributed by atoms with Gasteiger partial charge in [-0.25, -0.2) is 12.8 Å². The predicted molar refractivity (Wildman–Crippen MR) is 126 cm³/mol. The lowest BCUT2D eigenvalue weighted by Gasteiger charge is -2.19. The molecule has 0 saturated carbocycles. The van der Waals surface area contributed by atoms with Crippen LogP contribution in [0.25, 0.3) is 10.1 Å². The Morgan fingerprint density at radius 1 is 1.00 bits per heavy atom. The highest BCUT2D eigenvalue weighted by molar-refractivity contribution is 7.92. The fraction of sp³-hybridized carbons (Fsp3) is 0.125. The molecule has 0 spiro atoms. The Balaban J connectivity index is 1.57. The molecule has 0 fully saturated rings. The molecule has 1 heterocycles. The number of thiophene rings is 1. The van der Waals surface area contributed by atoms with Gasteiger partial charge in [0, 0.05) is 11.7 Å². The van der Waals surface area contributed by atoms with Gasteiger partial charge in [0.2, 0.25) is 0 Å². The Labute approximate surface area is 190 Å². The quantitative estimate of drug-likeness (QED) is 0.414. The molecule has 0 aliphatic carbocycles. The Hall–Kier alpha value is -3.23. The number of hydrogen-bond donors (Lipinski definition) is 1. The third-order valence-corrected chi connectivity index (χ3v) is 8.12. The Morgan fingerprint density at radius 2 is 1.69 bits per heavy atom. The number of amides is 1. The van der Waals surface area contributed by atoms with Gasteiger partial charge in [-0.1, -0.05) is 30.3 Å². The largest absolute Gasteiger partial charge is 0.345 e. The SMILES string of the molecule is C[C@H](NC(=O)c1cc2cc(N(C)S(=O)(=O)c3ccc(F)cc3)ccc2s1)c1ccccc1. The Kier molecular flexibility index (Phi) is 5.99. The summed E-state index contributed by atoms with van der Waals surface area (Å²) in [6, 6.07) is 21.2. The molecule has 1 atom stereocenters. The van der Waals surface area contributed by atoms with E-state index in [-0.39, 0.29) is 16.8 Å². The Morgan fingerprint density at radius 3 is 2.38 bits per heavy atom. The van der Waals surface area contributed by atoms with Crippen LogP contribution in [0.5, 0.6) is 0 Å². The number of nitrogens with zero attached hydrogens (tertiary/aromatic N) is 1. The average molecular weight is 469 g/mol. The summed E-state index contributed by atoms with van der Waals surface area (Å²) in [6.45, 7) is 1.92. The summed E-state index contributed by atoms with van der Waals surface area (Å²) in [6.07, 6.45) is 0. The first-order valence-corrected chi connectivity index (χ1v) is 12.2. The van der Waals surface area contributed by atoms with E-state index in [1.54, 1.807) is 24.3 Å². The second kappa shape index (κ2) is 8.72. The molecule has 0 bridgehead atoms. The molecule has 4 rings (SSSR count). The maximum Gasteiger partial charge on any atom is 0.264 e. The van der Waals surface area contributed by atoms with Crippen LogP contribution in [0, 0.1) is 5.82 Å². The molecule has 1 amide bonds. The molecule has 164 valence electrons. The molecule has 8 heteroatoms. The monoisotopic (exact) mass is 468 g/mol.